The van der Waals surface area contributed by atoms with Crippen LogP contribution in [-0.2, 0) is 0 Å². The molecule has 3 N–H and O–H groups in total. The zero-order valence-corrected chi connectivity index (χ0v) is 10.9. The van der Waals surface area contributed by atoms with Gasteiger partial charge in [0.05, 0.1) is 0 Å². The van der Waals surface area contributed by atoms with E-state index in [0.29, 0.717) is 23.7 Å². The maximum absolute atomic E-state index is 5.82. The second-order valence-corrected chi connectivity index (χ2v) is 5.35. The lowest BCUT2D eigenvalue weighted by Crippen LogP contribution is -2.23. The smallest absolute Gasteiger partial charge is 0.135 e. The Morgan fingerprint density at radius 3 is 2.71 bits per heavy atom. The Balaban J connectivity index is 2.15. The lowest BCUT2D eigenvalue weighted by Gasteiger charge is -2.18. The zero-order chi connectivity index (χ0) is 12.4. The fourth-order valence-corrected chi connectivity index (χ4v) is 2.37. The van der Waals surface area contributed by atoms with Crippen LogP contribution in [0.5, 0.6) is 0 Å². The minimum atomic E-state index is 0.306. The summed E-state index contributed by atoms with van der Waals surface area (Å²) in [5.41, 5.74) is 5.82. The summed E-state index contributed by atoms with van der Waals surface area (Å²) in [6.45, 7) is 6.45. The van der Waals surface area contributed by atoms with Crippen LogP contribution in [0, 0.1) is 5.92 Å². The van der Waals surface area contributed by atoms with E-state index >= 15 is 0 Å². The highest BCUT2D eigenvalue weighted by Crippen LogP contribution is 2.28. The fraction of sp³-hybridized carbons (Fsp3) is 0.692. The van der Waals surface area contributed by atoms with E-state index in [0.717, 1.165) is 11.6 Å². The summed E-state index contributed by atoms with van der Waals surface area (Å²) in [5, 5.41) is 3.50. The van der Waals surface area contributed by atoms with Crippen molar-refractivity contribution in [2.24, 2.45) is 5.92 Å². The van der Waals surface area contributed by atoms with E-state index in [1.54, 1.807) is 0 Å². The molecule has 94 valence electrons. The van der Waals surface area contributed by atoms with E-state index < -0.39 is 0 Å². The van der Waals surface area contributed by atoms with Gasteiger partial charge in [-0.15, -0.1) is 0 Å². The van der Waals surface area contributed by atoms with E-state index in [-0.39, 0.29) is 0 Å². The quantitative estimate of drug-likeness (QED) is 0.844. The van der Waals surface area contributed by atoms with Crippen molar-refractivity contribution in [2.75, 3.05) is 11.1 Å². The van der Waals surface area contributed by atoms with Crippen molar-refractivity contribution in [2.45, 2.75) is 52.0 Å². The standard InChI is InChI=1S/C13H22N4/c1-8(2)13-16-11(14)7-12(17-13)15-10-6-4-5-9(10)3/h7-10H,4-6H2,1-3H3,(H3,14,15,16,17). The van der Waals surface area contributed by atoms with Gasteiger partial charge >= 0.3 is 0 Å². The highest BCUT2D eigenvalue weighted by molar-refractivity contribution is 5.45. The number of nitrogens with two attached hydrogens (primary N) is 1. The molecule has 2 atom stereocenters. The summed E-state index contributed by atoms with van der Waals surface area (Å²) < 4.78 is 0. The van der Waals surface area contributed by atoms with E-state index in [2.05, 4.69) is 36.1 Å². The summed E-state index contributed by atoms with van der Waals surface area (Å²) in [6.07, 6.45) is 3.83. The van der Waals surface area contributed by atoms with Crippen LogP contribution in [0.3, 0.4) is 0 Å². The van der Waals surface area contributed by atoms with Crippen LogP contribution in [-0.4, -0.2) is 16.0 Å². The molecule has 0 aromatic carbocycles. The molecule has 2 rings (SSSR count). The first-order chi connectivity index (χ1) is 8.06. The van der Waals surface area contributed by atoms with Gasteiger partial charge in [0.15, 0.2) is 0 Å². The number of nitrogen functional groups attached to an aromatic ring is 1. The predicted octanol–water partition coefficient (Wildman–Crippen LogP) is 2.78. The Labute approximate surface area is 103 Å². The van der Waals surface area contributed by atoms with Crippen LogP contribution in [0.15, 0.2) is 6.07 Å². The molecule has 1 aliphatic carbocycles. The number of aromatic nitrogens is 2. The third-order valence-corrected chi connectivity index (χ3v) is 3.47. The molecule has 1 aromatic heterocycles. The van der Waals surface area contributed by atoms with Crippen LogP contribution in [0.2, 0.25) is 0 Å². The number of nitrogens with zero attached hydrogens (tertiary/aromatic N) is 2. The van der Waals surface area contributed by atoms with Gasteiger partial charge in [-0.1, -0.05) is 27.2 Å². The Bertz CT molecular complexity index is 389. The first-order valence-corrected chi connectivity index (χ1v) is 6.47. The predicted molar refractivity (Wildman–Crippen MR) is 71.0 cm³/mol. The second kappa shape index (κ2) is 4.90. The number of rotatable bonds is 3. The number of nitrogens with one attached hydrogen (secondary N) is 1. The normalized spacial score (nSPS) is 24.2. The van der Waals surface area contributed by atoms with Gasteiger partial charge in [-0.25, -0.2) is 9.97 Å². The molecule has 4 heteroatoms. The molecule has 2 unspecified atom stereocenters. The van der Waals surface area contributed by atoms with Crippen molar-refractivity contribution in [3.05, 3.63) is 11.9 Å². The summed E-state index contributed by atoms with van der Waals surface area (Å²) in [7, 11) is 0. The molecule has 0 aliphatic heterocycles. The van der Waals surface area contributed by atoms with E-state index in [9.17, 15) is 0 Å². The monoisotopic (exact) mass is 234 g/mol. The number of anilines is 2. The number of hydrogen-bond donors (Lipinski definition) is 2. The summed E-state index contributed by atoms with van der Waals surface area (Å²) in [6, 6.07) is 2.36. The first kappa shape index (κ1) is 12.1. The second-order valence-electron chi connectivity index (χ2n) is 5.35. The lowest BCUT2D eigenvalue weighted by molar-refractivity contribution is 0.554. The largest absolute Gasteiger partial charge is 0.384 e. The molecule has 1 heterocycles. The Morgan fingerprint density at radius 2 is 2.12 bits per heavy atom. The molecule has 1 aliphatic rings. The van der Waals surface area contributed by atoms with Crippen molar-refractivity contribution < 1.29 is 0 Å². The molecule has 0 spiro atoms. The molecule has 0 saturated heterocycles. The van der Waals surface area contributed by atoms with Gasteiger partial charge in [0.1, 0.15) is 17.5 Å². The van der Waals surface area contributed by atoms with Gasteiger partial charge in [0.25, 0.3) is 0 Å². The van der Waals surface area contributed by atoms with Crippen molar-refractivity contribution in [3.8, 4) is 0 Å². The maximum atomic E-state index is 5.82. The molecular weight excluding hydrogens is 212 g/mol. The van der Waals surface area contributed by atoms with E-state index in [4.69, 9.17) is 5.73 Å². The van der Waals surface area contributed by atoms with Crippen LogP contribution >= 0.6 is 0 Å². The highest BCUT2D eigenvalue weighted by Gasteiger charge is 2.23. The van der Waals surface area contributed by atoms with Gasteiger partial charge in [-0.3, -0.25) is 0 Å². The molecule has 0 bridgehead atoms. The molecule has 0 radical (unpaired) electrons. The molecule has 1 aromatic rings. The molecule has 0 amide bonds. The molecular formula is C13H22N4. The minimum absolute atomic E-state index is 0.306. The Hall–Kier alpha value is -1.32. The van der Waals surface area contributed by atoms with Crippen molar-refractivity contribution in [1.29, 1.82) is 0 Å². The van der Waals surface area contributed by atoms with Gasteiger partial charge in [-0.05, 0) is 18.8 Å². The van der Waals surface area contributed by atoms with E-state index in [1.807, 2.05) is 6.07 Å². The summed E-state index contributed by atoms with van der Waals surface area (Å²) in [4.78, 5) is 8.78. The Kier molecular flexibility index (Phi) is 3.50. The third kappa shape index (κ3) is 2.87. The highest BCUT2D eigenvalue weighted by atomic mass is 15.1. The van der Waals surface area contributed by atoms with Gasteiger partial charge in [0, 0.05) is 18.0 Å². The van der Waals surface area contributed by atoms with Crippen molar-refractivity contribution in [1.82, 2.24) is 9.97 Å². The average Bonchev–Trinajstić information content (AvgIpc) is 2.63. The van der Waals surface area contributed by atoms with Crippen LogP contribution in [0.25, 0.3) is 0 Å². The summed E-state index contributed by atoms with van der Waals surface area (Å²) >= 11 is 0. The Morgan fingerprint density at radius 1 is 1.35 bits per heavy atom. The average molecular weight is 234 g/mol. The molecule has 1 fully saturated rings. The lowest BCUT2D eigenvalue weighted by atomic mass is 10.1. The summed E-state index contributed by atoms with van der Waals surface area (Å²) in [5.74, 6) is 3.27. The molecule has 17 heavy (non-hydrogen) atoms. The first-order valence-electron chi connectivity index (χ1n) is 6.47. The molecule has 4 nitrogen and oxygen atoms in total. The molecule has 1 saturated carbocycles. The maximum Gasteiger partial charge on any atom is 0.135 e. The minimum Gasteiger partial charge on any atom is -0.384 e. The van der Waals surface area contributed by atoms with Gasteiger partial charge in [0.2, 0.25) is 0 Å². The number of hydrogen-bond acceptors (Lipinski definition) is 4. The third-order valence-electron chi connectivity index (χ3n) is 3.47. The fourth-order valence-electron chi connectivity index (χ4n) is 2.37. The van der Waals surface area contributed by atoms with Gasteiger partial charge in [-0.2, -0.15) is 0 Å². The van der Waals surface area contributed by atoms with Crippen LogP contribution < -0.4 is 11.1 Å². The SMILES string of the molecule is CC(C)c1nc(N)cc(NC2CCCC2C)n1. The van der Waals surface area contributed by atoms with E-state index in [1.165, 1.54) is 19.3 Å². The topological polar surface area (TPSA) is 63.8 Å². The zero-order valence-electron chi connectivity index (χ0n) is 10.9. The van der Waals surface area contributed by atoms with Crippen molar-refractivity contribution in [3.63, 3.8) is 0 Å². The van der Waals surface area contributed by atoms with Gasteiger partial charge < -0.3 is 11.1 Å². The van der Waals surface area contributed by atoms with Crippen LogP contribution in [0.4, 0.5) is 11.6 Å². The van der Waals surface area contributed by atoms with Crippen LogP contribution in [0.1, 0.15) is 51.8 Å². The van der Waals surface area contributed by atoms with Crippen molar-refractivity contribution >= 4 is 11.6 Å².